The minimum Gasteiger partial charge on any atom is -0.491 e. The molecule has 1 aromatic rings. The molecule has 0 aliphatic heterocycles. The molecule has 2 nitrogen and oxygen atoms in total. The van der Waals surface area contributed by atoms with Gasteiger partial charge >= 0.3 is 0 Å². The predicted molar refractivity (Wildman–Crippen MR) is 64.4 cm³/mol. The molecular formula is C14H20O2. The van der Waals surface area contributed by atoms with Crippen LogP contribution in [-0.2, 0) is 0 Å². The van der Waals surface area contributed by atoms with E-state index in [0.29, 0.717) is 11.8 Å². The second-order valence-corrected chi connectivity index (χ2v) is 5.06. The van der Waals surface area contributed by atoms with Crippen LogP contribution < -0.4 is 4.74 Å². The van der Waals surface area contributed by atoms with Gasteiger partial charge in [-0.25, -0.2) is 0 Å². The Labute approximate surface area is 97.3 Å². The van der Waals surface area contributed by atoms with Gasteiger partial charge in [0, 0.05) is 0 Å². The van der Waals surface area contributed by atoms with Crippen molar-refractivity contribution in [2.45, 2.75) is 39.4 Å². The summed E-state index contributed by atoms with van der Waals surface area (Å²) in [5.74, 6) is 1.94. The zero-order chi connectivity index (χ0) is 11.7. The zero-order valence-corrected chi connectivity index (χ0v) is 10.2. The molecule has 1 aliphatic carbocycles. The molecule has 0 aromatic heterocycles. The summed E-state index contributed by atoms with van der Waals surface area (Å²) in [5, 5.41) is 10.1. The van der Waals surface area contributed by atoms with E-state index in [-0.39, 0.29) is 12.2 Å². The Morgan fingerprint density at radius 3 is 2.62 bits per heavy atom. The maximum absolute atomic E-state index is 10.1. The van der Waals surface area contributed by atoms with Crippen molar-refractivity contribution in [1.29, 1.82) is 0 Å². The molecule has 0 bridgehead atoms. The van der Waals surface area contributed by atoms with E-state index in [2.05, 4.69) is 6.92 Å². The van der Waals surface area contributed by atoms with Crippen LogP contribution in [0.2, 0.25) is 0 Å². The topological polar surface area (TPSA) is 29.5 Å². The molecule has 88 valence electrons. The largest absolute Gasteiger partial charge is 0.491 e. The van der Waals surface area contributed by atoms with E-state index in [1.807, 2.05) is 38.1 Å². The lowest BCUT2D eigenvalue weighted by Crippen LogP contribution is -2.07. The third kappa shape index (κ3) is 2.56. The minimum atomic E-state index is -0.328. The molecule has 0 amide bonds. The highest BCUT2D eigenvalue weighted by Gasteiger charge is 2.39. The first-order chi connectivity index (χ1) is 7.58. The molecule has 2 rings (SSSR count). The standard InChI is InChI=1S/C14H20O2/c1-9(2)16-12-6-4-5-11(8-12)14(15)13-7-10(13)3/h4-6,8-10,13-15H,7H2,1-3H3. The first-order valence-corrected chi connectivity index (χ1v) is 6.02. The van der Waals surface area contributed by atoms with Gasteiger partial charge < -0.3 is 9.84 Å². The predicted octanol–water partition coefficient (Wildman–Crippen LogP) is 3.16. The van der Waals surface area contributed by atoms with Gasteiger partial charge in [-0.1, -0.05) is 19.1 Å². The molecule has 1 fully saturated rings. The van der Waals surface area contributed by atoms with Crippen LogP contribution in [0.15, 0.2) is 24.3 Å². The van der Waals surface area contributed by atoms with E-state index >= 15 is 0 Å². The van der Waals surface area contributed by atoms with Crippen LogP contribution in [0.25, 0.3) is 0 Å². The van der Waals surface area contributed by atoms with E-state index in [0.717, 1.165) is 17.7 Å². The number of rotatable bonds is 4. The molecule has 3 atom stereocenters. The van der Waals surface area contributed by atoms with Crippen molar-refractivity contribution in [2.24, 2.45) is 11.8 Å². The van der Waals surface area contributed by atoms with Gasteiger partial charge in [0.15, 0.2) is 0 Å². The fraction of sp³-hybridized carbons (Fsp3) is 0.571. The molecule has 0 heterocycles. The van der Waals surface area contributed by atoms with Crippen LogP contribution in [-0.4, -0.2) is 11.2 Å². The highest BCUT2D eigenvalue weighted by atomic mass is 16.5. The van der Waals surface area contributed by atoms with Crippen molar-refractivity contribution in [2.75, 3.05) is 0 Å². The summed E-state index contributed by atoms with van der Waals surface area (Å²) in [4.78, 5) is 0. The van der Waals surface area contributed by atoms with E-state index in [4.69, 9.17) is 4.74 Å². The molecule has 0 spiro atoms. The van der Waals surface area contributed by atoms with Crippen LogP contribution in [0.3, 0.4) is 0 Å². The number of ether oxygens (including phenoxy) is 1. The van der Waals surface area contributed by atoms with Crippen molar-refractivity contribution < 1.29 is 9.84 Å². The molecule has 1 saturated carbocycles. The number of hydrogen-bond acceptors (Lipinski definition) is 2. The highest BCUT2D eigenvalue weighted by Crippen LogP contribution is 2.47. The van der Waals surface area contributed by atoms with Crippen LogP contribution in [0.1, 0.15) is 38.9 Å². The Bertz CT molecular complexity index is 360. The molecule has 3 unspecified atom stereocenters. The van der Waals surface area contributed by atoms with Crippen molar-refractivity contribution in [3.05, 3.63) is 29.8 Å². The summed E-state index contributed by atoms with van der Waals surface area (Å²) in [6.45, 7) is 6.19. The van der Waals surface area contributed by atoms with Crippen molar-refractivity contribution in [3.8, 4) is 5.75 Å². The molecule has 1 N–H and O–H groups in total. The summed E-state index contributed by atoms with van der Waals surface area (Å²) in [5.41, 5.74) is 0.979. The molecule has 0 saturated heterocycles. The lowest BCUT2D eigenvalue weighted by atomic mass is 10.0. The van der Waals surface area contributed by atoms with E-state index < -0.39 is 0 Å². The summed E-state index contributed by atoms with van der Waals surface area (Å²) < 4.78 is 5.62. The number of benzene rings is 1. The maximum atomic E-state index is 10.1. The summed E-state index contributed by atoms with van der Waals surface area (Å²) in [7, 11) is 0. The van der Waals surface area contributed by atoms with E-state index in [1.54, 1.807) is 0 Å². The second-order valence-electron chi connectivity index (χ2n) is 5.06. The third-order valence-corrected chi connectivity index (χ3v) is 3.15. The monoisotopic (exact) mass is 220 g/mol. The number of aliphatic hydroxyl groups excluding tert-OH is 1. The van der Waals surface area contributed by atoms with Crippen LogP contribution in [0.5, 0.6) is 5.75 Å². The second kappa shape index (κ2) is 4.46. The summed E-state index contributed by atoms with van der Waals surface area (Å²) in [6, 6.07) is 7.81. The lowest BCUT2D eigenvalue weighted by molar-refractivity contribution is 0.147. The quantitative estimate of drug-likeness (QED) is 0.844. The van der Waals surface area contributed by atoms with Gasteiger partial charge in [-0.2, -0.15) is 0 Å². The maximum Gasteiger partial charge on any atom is 0.120 e. The summed E-state index contributed by atoms with van der Waals surface area (Å²) >= 11 is 0. The molecule has 0 radical (unpaired) electrons. The molecule has 2 heteroatoms. The number of aliphatic hydroxyl groups is 1. The molecule has 1 aromatic carbocycles. The minimum absolute atomic E-state index is 0.173. The SMILES string of the molecule is CC(C)Oc1cccc(C(O)C2CC2C)c1. The zero-order valence-electron chi connectivity index (χ0n) is 10.2. The first-order valence-electron chi connectivity index (χ1n) is 6.02. The van der Waals surface area contributed by atoms with E-state index in [9.17, 15) is 5.11 Å². The first kappa shape index (κ1) is 11.5. The van der Waals surface area contributed by atoms with Crippen molar-refractivity contribution >= 4 is 0 Å². The van der Waals surface area contributed by atoms with Gasteiger partial charge in [0.05, 0.1) is 12.2 Å². The Morgan fingerprint density at radius 1 is 1.38 bits per heavy atom. The molecule has 16 heavy (non-hydrogen) atoms. The van der Waals surface area contributed by atoms with Gasteiger partial charge in [0.25, 0.3) is 0 Å². The smallest absolute Gasteiger partial charge is 0.120 e. The highest BCUT2D eigenvalue weighted by molar-refractivity contribution is 5.31. The van der Waals surface area contributed by atoms with Crippen LogP contribution >= 0.6 is 0 Å². The fourth-order valence-corrected chi connectivity index (χ4v) is 2.08. The van der Waals surface area contributed by atoms with E-state index in [1.165, 1.54) is 0 Å². The molecular weight excluding hydrogens is 200 g/mol. The Morgan fingerprint density at radius 2 is 2.06 bits per heavy atom. The van der Waals surface area contributed by atoms with Gasteiger partial charge in [0.1, 0.15) is 5.75 Å². The average molecular weight is 220 g/mol. The average Bonchev–Trinajstić information content (AvgIpc) is 2.94. The summed E-state index contributed by atoms with van der Waals surface area (Å²) in [6.07, 6.45) is 0.981. The fourth-order valence-electron chi connectivity index (χ4n) is 2.08. The Kier molecular flexibility index (Phi) is 3.20. The van der Waals surface area contributed by atoms with Crippen molar-refractivity contribution in [1.82, 2.24) is 0 Å². The lowest BCUT2D eigenvalue weighted by Gasteiger charge is -2.14. The van der Waals surface area contributed by atoms with Gasteiger partial charge in [0.2, 0.25) is 0 Å². The Hall–Kier alpha value is -1.02. The normalized spacial score (nSPS) is 25.6. The van der Waals surface area contributed by atoms with Crippen LogP contribution in [0.4, 0.5) is 0 Å². The van der Waals surface area contributed by atoms with Crippen molar-refractivity contribution in [3.63, 3.8) is 0 Å². The van der Waals surface area contributed by atoms with Crippen LogP contribution in [0, 0.1) is 11.8 Å². The van der Waals surface area contributed by atoms with Gasteiger partial charge in [-0.3, -0.25) is 0 Å². The van der Waals surface area contributed by atoms with Gasteiger partial charge in [-0.15, -0.1) is 0 Å². The third-order valence-electron chi connectivity index (χ3n) is 3.15. The number of hydrogen-bond donors (Lipinski definition) is 1. The molecule has 1 aliphatic rings. The Balaban J connectivity index is 2.09. The van der Waals surface area contributed by atoms with Gasteiger partial charge in [-0.05, 0) is 49.8 Å².